The molecule has 1 aliphatic rings. The van der Waals surface area contributed by atoms with Gasteiger partial charge in [0.25, 0.3) is 0 Å². The summed E-state index contributed by atoms with van der Waals surface area (Å²) in [6.45, 7) is 0.284. The van der Waals surface area contributed by atoms with Crippen molar-refractivity contribution in [2.45, 2.75) is 18.1 Å². The quantitative estimate of drug-likeness (QED) is 0.618. The van der Waals surface area contributed by atoms with E-state index in [0.717, 1.165) is 0 Å². The number of sulfone groups is 1. The van der Waals surface area contributed by atoms with Crippen LogP contribution in [0.1, 0.15) is 12.8 Å². The molecule has 2 rings (SSSR count). The zero-order valence-electron chi connectivity index (χ0n) is 9.62. The summed E-state index contributed by atoms with van der Waals surface area (Å²) in [5.41, 5.74) is 6.64. The minimum atomic E-state index is -2.99. The predicted molar refractivity (Wildman–Crippen MR) is 78.8 cm³/mol. The summed E-state index contributed by atoms with van der Waals surface area (Å²) in [6.07, 6.45) is 1.35. The van der Waals surface area contributed by atoms with Crippen molar-refractivity contribution in [3.63, 3.8) is 0 Å². The van der Waals surface area contributed by atoms with Crippen molar-refractivity contribution in [2.75, 3.05) is 23.3 Å². The molecule has 7 heteroatoms. The van der Waals surface area contributed by atoms with E-state index >= 15 is 0 Å². The van der Waals surface area contributed by atoms with Crippen LogP contribution in [0.15, 0.2) is 12.1 Å². The first kappa shape index (κ1) is 13.9. The molecule has 1 aromatic rings. The van der Waals surface area contributed by atoms with E-state index in [2.05, 4.69) is 5.32 Å². The Kier molecular flexibility index (Phi) is 4.00. The van der Waals surface area contributed by atoms with Gasteiger partial charge in [0.05, 0.1) is 25.9 Å². The standard InChI is InChI=1S/C11H14FIN2O2S/c12-8-4-11(10(14)5-9(8)13)15-6-7-2-1-3-18(7,16)17/h4-5,7,15H,1-3,6,14H2. The van der Waals surface area contributed by atoms with Crippen molar-refractivity contribution in [3.8, 4) is 0 Å². The Bertz CT molecular complexity index is 562. The highest BCUT2D eigenvalue weighted by Crippen LogP contribution is 2.26. The topological polar surface area (TPSA) is 72.2 Å². The SMILES string of the molecule is Nc1cc(I)c(F)cc1NCC1CCCS1(=O)=O. The van der Waals surface area contributed by atoms with Gasteiger partial charge >= 0.3 is 0 Å². The number of benzene rings is 1. The normalized spacial score (nSPS) is 22.0. The average molecular weight is 384 g/mol. The summed E-state index contributed by atoms with van der Waals surface area (Å²) in [5.74, 6) is -0.114. The van der Waals surface area contributed by atoms with Crippen molar-refractivity contribution in [3.05, 3.63) is 21.5 Å². The Morgan fingerprint density at radius 2 is 2.22 bits per heavy atom. The predicted octanol–water partition coefficient (Wildman–Crippen LogP) is 2.00. The lowest BCUT2D eigenvalue weighted by Crippen LogP contribution is -2.25. The second kappa shape index (κ2) is 5.20. The second-order valence-corrected chi connectivity index (χ2v) is 7.93. The highest BCUT2D eigenvalue weighted by atomic mass is 127. The third-order valence-electron chi connectivity index (χ3n) is 3.08. The Balaban J connectivity index is 2.09. The van der Waals surface area contributed by atoms with Gasteiger partial charge in [-0.05, 0) is 41.5 Å². The number of nitrogen functional groups attached to an aromatic ring is 1. The van der Waals surface area contributed by atoms with Gasteiger partial charge in [0.2, 0.25) is 0 Å². The van der Waals surface area contributed by atoms with Crippen molar-refractivity contribution >= 4 is 43.8 Å². The van der Waals surface area contributed by atoms with Crippen molar-refractivity contribution in [2.24, 2.45) is 0 Å². The van der Waals surface area contributed by atoms with Crippen molar-refractivity contribution in [1.82, 2.24) is 0 Å². The van der Waals surface area contributed by atoms with Gasteiger partial charge in [-0.15, -0.1) is 0 Å². The lowest BCUT2D eigenvalue weighted by Gasteiger charge is -2.14. The van der Waals surface area contributed by atoms with E-state index in [1.54, 1.807) is 0 Å². The van der Waals surface area contributed by atoms with E-state index < -0.39 is 9.84 Å². The molecule has 4 nitrogen and oxygen atoms in total. The monoisotopic (exact) mass is 384 g/mol. The number of hydrogen-bond donors (Lipinski definition) is 2. The third kappa shape index (κ3) is 2.87. The van der Waals surface area contributed by atoms with Gasteiger partial charge in [-0.3, -0.25) is 0 Å². The van der Waals surface area contributed by atoms with Gasteiger partial charge in [0.15, 0.2) is 9.84 Å². The second-order valence-electron chi connectivity index (χ2n) is 4.37. The molecule has 100 valence electrons. The summed E-state index contributed by atoms with van der Waals surface area (Å²) in [4.78, 5) is 0. The lowest BCUT2D eigenvalue weighted by atomic mass is 10.2. The molecule has 1 saturated heterocycles. The van der Waals surface area contributed by atoms with Gasteiger partial charge in [-0.1, -0.05) is 0 Å². The van der Waals surface area contributed by atoms with Crippen LogP contribution in [0.25, 0.3) is 0 Å². The molecule has 1 aliphatic heterocycles. The van der Waals surface area contributed by atoms with E-state index in [4.69, 9.17) is 5.73 Å². The lowest BCUT2D eigenvalue weighted by molar-refractivity contribution is 0.591. The molecule has 0 aliphatic carbocycles. The molecule has 0 bridgehead atoms. The number of nitrogens with one attached hydrogen (secondary N) is 1. The van der Waals surface area contributed by atoms with Crippen LogP contribution >= 0.6 is 22.6 Å². The van der Waals surface area contributed by atoms with Crippen LogP contribution in [0, 0.1) is 9.39 Å². The maximum atomic E-state index is 13.4. The molecule has 3 N–H and O–H groups in total. The first-order valence-corrected chi connectivity index (χ1v) is 8.39. The Labute approximate surface area is 119 Å². The summed E-state index contributed by atoms with van der Waals surface area (Å²) in [5, 5.41) is 2.54. The van der Waals surface area contributed by atoms with Crippen LogP contribution < -0.4 is 11.1 Å². The first-order valence-electron chi connectivity index (χ1n) is 5.60. The summed E-state index contributed by atoms with van der Waals surface area (Å²) < 4.78 is 37.1. The molecule has 0 aromatic heterocycles. The Morgan fingerprint density at radius 3 is 2.83 bits per heavy atom. The molecule has 1 heterocycles. The molecule has 0 radical (unpaired) electrons. The molecule has 1 atom stereocenters. The Hall–Kier alpha value is -0.570. The molecule has 0 saturated carbocycles. The fraction of sp³-hybridized carbons (Fsp3) is 0.455. The first-order chi connectivity index (χ1) is 8.40. The van der Waals surface area contributed by atoms with E-state index in [0.29, 0.717) is 27.8 Å². The van der Waals surface area contributed by atoms with Crippen molar-refractivity contribution < 1.29 is 12.8 Å². The number of halogens is 2. The van der Waals surface area contributed by atoms with Crippen molar-refractivity contribution in [1.29, 1.82) is 0 Å². The van der Waals surface area contributed by atoms with Gasteiger partial charge in [0.1, 0.15) is 5.82 Å². The van der Waals surface area contributed by atoms with Gasteiger partial charge in [-0.25, -0.2) is 12.8 Å². The number of hydrogen-bond acceptors (Lipinski definition) is 4. The van der Waals surface area contributed by atoms with Gasteiger partial charge < -0.3 is 11.1 Å². The highest BCUT2D eigenvalue weighted by Gasteiger charge is 2.30. The molecule has 1 unspecified atom stereocenters. The summed E-state index contributed by atoms with van der Waals surface area (Å²) in [6, 6.07) is 2.83. The number of anilines is 2. The van der Waals surface area contributed by atoms with E-state index in [-0.39, 0.29) is 23.4 Å². The minimum Gasteiger partial charge on any atom is -0.397 e. The summed E-state index contributed by atoms with van der Waals surface area (Å²) in [7, 11) is -2.99. The van der Waals surface area contributed by atoms with Gasteiger partial charge in [0, 0.05) is 12.6 Å². The molecule has 0 amide bonds. The highest BCUT2D eigenvalue weighted by molar-refractivity contribution is 14.1. The Morgan fingerprint density at radius 1 is 1.50 bits per heavy atom. The van der Waals surface area contributed by atoms with Crippen LogP contribution in [0.4, 0.5) is 15.8 Å². The molecular formula is C11H14FIN2O2S. The molecule has 1 fully saturated rings. The third-order valence-corrected chi connectivity index (χ3v) is 6.18. The number of nitrogens with two attached hydrogens (primary N) is 1. The largest absolute Gasteiger partial charge is 0.397 e. The molecular weight excluding hydrogens is 370 g/mol. The van der Waals surface area contributed by atoms with Crippen LogP contribution in [0.5, 0.6) is 0 Å². The van der Waals surface area contributed by atoms with Gasteiger partial charge in [-0.2, -0.15) is 0 Å². The van der Waals surface area contributed by atoms with Crippen LogP contribution in [-0.2, 0) is 9.84 Å². The van der Waals surface area contributed by atoms with E-state index in [1.165, 1.54) is 12.1 Å². The maximum absolute atomic E-state index is 13.4. The molecule has 18 heavy (non-hydrogen) atoms. The van der Waals surface area contributed by atoms with Crippen LogP contribution in [0.2, 0.25) is 0 Å². The average Bonchev–Trinajstić information content (AvgIpc) is 2.61. The van der Waals surface area contributed by atoms with E-state index in [1.807, 2.05) is 22.6 Å². The number of rotatable bonds is 3. The van der Waals surface area contributed by atoms with Crippen LogP contribution in [0.3, 0.4) is 0 Å². The summed E-state index contributed by atoms with van der Waals surface area (Å²) >= 11 is 1.86. The van der Waals surface area contributed by atoms with Crippen LogP contribution in [-0.4, -0.2) is 26.0 Å². The molecule has 1 aromatic carbocycles. The smallest absolute Gasteiger partial charge is 0.154 e. The minimum absolute atomic E-state index is 0.246. The fourth-order valence-electron chi connectivity index (χ4n) is 2.03. The maximum Gasteiger partial charge on any atom is 0.154 e. The zero-order chi connectivity index (χ0) is 13.3. The molecule has 0 spiro atoms. The fourth-order valence-corrected chi connectivity index (χ4v) is 4.28. The zero-order valence-corrected chi connectivity index (χ0v) is 12.6. The van der Waals surface area contributed by atoms with E-state index in [9.17, 15) is 12.8 Å².